The smallest absolute Gasteiger partial charge is 0.321 e. The van der Waals surface area contributed by atoms with Crippen LogP contribution in [0.25, 0.3) is 0 Å². The Hall–Kier alpha value is -1.71. The molecule has 140 valence electrons. The molecular weight excluding hydrogens is 347 g/mol. The lowest BCUT2D eigenvalue weighted by molar-refractivity contribution is 0.219. The van der Waals surface area contributed by atoms with Gasteiger partial charge in [0.1, 0.15) is 5.82 Å². The van der Waals surface area contributed by atoms with E-state index in [-0.39, 0.29) is 24.1 Å². The van der Waals surface area contributed by atoms with E-state index in [9.17, 15) is 17.6 Å². The van der Waals surface area contributed by atoms with Crippen LogP contribution in [0.5, 0.6) is 0 Å². The molecule has 2 rings (SSSR count). The lowest BCUT2D eigenvalue weighted by Crippen LogP contribution is -2.47. The first-order valence-corrected chi connectivity index (χ1v) is 9.56. The summed E-state index contributed by atoms with van der Waals surface area (Å²) in [7, 11) is -0.700. The number of carbonyl (C=O) groups excluding carboxylic acids is 1. The minimum absolute atomic E-state index is 0.0268. The van der Waals surface area contributed by atoms with Crippen molar-refractivity contribution in [3.05, 3.63) is 30.1 Å². The third-order valence-electron chi connectivity index (χ3n) is 4.41. The van der Waals surface area contributed by atoms with E-state index in [1.54, 1.807) is 12.1 Å². The van der Waals surface area contributed by atoms with Gasteiger partial charge in [-0.1, -0.05) is 26.0 Å². The summed E-state index contributed by atoms with van der Waals surface area (Å²) in [5.74, 6) is -0.359. The quantitative estimate of drug-likeness (QED) is 0.826. The predicted octanol–water partition coefficient (Wildman–Crippen LogP) is 1.71. The number of anilines is 1. The molecule has 0 spiro atoms. The van der Waals surface area contributed by atoms with Gasteiger partial charge in [0.15, 0.2) is 0 Å². The van der Waals surface area contributed by atoms with Gasteiger partial charge in [0.2, 0.25) is 0 Å². The zero-order chi connectivity index (χ0) is 18.8. The summed E-state index contributed by atoms with van der Waals surface area (Å²) < 4.78 is 41.7. The maximum absolute atomic E-state index is 13.7. The van der Waals surface area contributed by atoms with E-state index in [1.807, 2.05) is 13.8 Å². The molecule has 1 aliphatic rings. The summed E-state index contributed by atoms with van der Waals surface area (Å²) in [6, 6.07) is 5.09. The van der Waals surface area contributed by atoms with Gasteiger partial charge >= 0.3 is 6.03 Å². The zero-order valence-electron chi connectivity index (χ0n) is 14.9. The number of amides is 2. The highest BCUT2D eigenvalue weighted by molar-refractivity contribution is 7.87. The summed E-state index contributed by atoms with van der Waals surface area (Å²) in [6.07, 6.45) is 0. The normalized spacial score (nSPS) is 21.2. The van der Waals surface area contributed by atoms with E-state index >= 15 is 0 Å². The minimum Gasteiger partial charge on any atom is -0.323 e. The van der Waals surface area contributed by atoms with E-state index in [1.165, 1.54) is 31.1 Å². The molecule has 1 heterocycles. The van der Waals surface area contributed by atoms with Crippen LogP contribution >= 0.6 is 0 Å². The van der Waals surface area contributed by atoms with Crippen LogP contribution in [0.15, 0.2) is 24.3 Å². The van der Waals surface area contributed by atoms with E-state index in [2.05, 4.69) is 10.0 Å². The molecule has 2 N–H and O–H groups in total. The van der Waals surface area contributed by atoms with Crippen LogP contribution in [0.2, 0.25) is 0 Å². The van der Waals surface area contributed by atoms with Crippen LogP contribution in [-0.4, -0.2) is 56.9 Å². The minimum atomic E-state index is -3.60. The molecule has 25 heavy (non-hydrogen) atoms. The molecule has 1 aliphatic heterocycles. The second-order valence-electron chi connectivity index (χ2n) is 6.73. The molecule has 1 fully saturated rings. The van der Waals surface area contributed by atoms with Crippen LogP contribution in [0, 0.1) is 17.7 Å². The Labute approximate surface area is 148 Å². The SMILES string of the molecule is CC(C)[C@@H]1CN(C(=O)Nc2ccccc2F)C[C@H]1NS(=O)(=O)N(C)C. The standard InChI is InChI=1S/C16H25FN4O3S/c1-11(2)12-9-21(10-15(12)19-25(23,24)20(3)4)16(22)18-14-8-6-5-7-13(14)17/h5-8,11-12,15,19H,9-10H2,1-4H3,(H,18,22)/t12-,15+/m0/s1. The van der Waals surface area contributed by atoms with Gasteiger partial charge in [0.25, 0.3) is 10.2 Å². The highest BCUT2D eigenvalue weighted by Gasteiger charge is 2.39. The molecule has 1 saturated heterocycles. The number of likely N-dealkylation sites (tertiary alicyclic amines) is 1. The van der Waals surface area contributed by atoms with Gasteiger partial charge in [-0.15, -0.1) is 0 Å². The van der Waals surface area contributed by atoms with Crippen molar-refractivity contribution in [2.75, 3.05) is 32.5 Å². The Morgan fingerprint density at radius 1 is 1.28 bits per heavy atom. The summed E-state index contributed by atoms with van der Waals surface area (Å²) in [5.41, 5.74) is 0.103. The Balaban J connectivity index is 2.11. The Kier molecular flexibility index (Phi) is 6.02. The Morgan fingerprint density at radius 3 is 2.48 bits per heavy atom. The number of nitrogens with zero attached hydrogens (tertiary/aromatic N) is 2. The number of para-hydroxylation sites is 1. The first-order chi connectivity index (χ1) is 11.6. The summed E-state index contributed by atoms with van der Waals surface area (Å²) in [5, 5.41) is 2.54. The van der Waals surface area contributed by atoms with Crippen molar-refractivity contribution in [1.29, 1.82) is 0 Å². The third-order valence-corrected chi connectivity index (χ3v) is 5.97. The van der Waals surface area contributed by atoms with Gasteiger partial charge in [0, 0.05) is 33.2 Å². The summed E-state index contributed by atoms with van der Waals surface area (Å²) in [4.78, 5) is 14.0. The van der Waals surface area contributed by atoms with E-state index < -0.39 is 28.1 Å². The average Bonchev–Trinajstić information content (AvgIpc) is 2.93. The second kappa shape index (κ2) is 7.67. The number of nitrogens with one attached hydrogen (secondary N) is 2. The molecule has 0 saturated carbocycles. The first kappa shape index (κ1) is 19.6. The van der Waals surface area contributed by atoms with Crippen LogP contribution < -0.4 is 10.0 Å². The van der Waals surface area contributed by atoms with Gasteiger partial charge in [0.05, 0.1) is 5.69 Å². The number of benzene rings is 1. The molecule has 7 nitrogen and oxygen atoms in total. The van der Waals surface area contributed by atoms with Crippen molar-refractivity contribution in [1.82, 2.24) is 13.9 Å². The molecule has 0 unspecified atom stereocenters. The molecular formula is C16H25FN4O3S. The van der Waals surface area contributed by atoms with Crippen LogP contribution in [0.1, 0.15) is 13.8 Å². The number of carbonyl (C=O) groups is 1. The molecule has 0 radical (unpaired) electrons. The van der Waals surface area contributed by atoms with E-state index in [0.29, 0.717) is 6.54 Å². The van der Waals surface area contributed by atoms with Crippen molar-refractivity contribution in [2.24, 2.45) is 11.8 Å². The lowest BCUT2D eigenvalue weighted by Gasteiger charge is -2.24. The van der Waals surface area contributed by atoms with Gasteiger partial charge in [-0.25, -0.2) is 9.18 Å². The molecule has 1 aromatic rings. The molecule has 0 aliphatic carbocycles. The van der Waals surface area contributed by atoms with E-state index in [4.69, 9.17) is 0 Å². The van der Waals surface area contributed by atoms with Gasteiger partial charge in [-0.2, -0.15) is 17.4 Å². The zero-order valence-corrected chi connectivity index (χ0v) is 15.7. The summed E-state index contributed by atoms with van der Waals surface area (Å²) >= 11 is 0. The van der Waals surface area contributed by atoms with Crippen LogP contribution in [-0.2, 0) is 10.2 Å². The van der Waals surface area contributed by atoms with Crippen molar-refractivity contribution >= 4 is 21.9 Å². The fraction of sp³-hybridized carbons (Fsp3) is 0.562. The molecule has 2 atom stereocenters. The summed E-state index contributed by atoms with van der Waals surface area (Å²) in [6.45, 7) is 4.61. The number of urea groups is 1. The fourth-order valence-electron chi connectivity index (χ4n) is 2.85. The number of hydrogen-bond donors (Lipinski definition) is 2. The van der Waals surface area contributed by atoms with Gasteiger partial charge < -0.3 is 10.2 Å². The van der Waals surface area contributed by atoms with Crippen LogP contribution in [0.3, 0.4) is 0 Å². The first-order valence-electron chi connectivity index (χ1n) is 8.12. The van der Waals surface area contributed by atoms with Crippen molar-refractivity contribution in [2.45, 2.75) is 19.9 Å². The lowest BCUT2D eigenvalue weighted by atomic mass is 9.92. The van der Waals surface area contributed by atoms with Gasteiger partial charge in [-0.3, -0.25) is 0 Å². The third kappa shape index (κ3) is 4.68. The Morgan fingerprint density at radius 2 is 1.92 bits per heavy atom. The van der Waals surface area contributed by atoms with Crippen molar-refractivity contribution < 1.29 is 17.6 Å². The monoisotopic (exact) mass is 372 g/mol. The molecule has 9 heteroatoms. The number of halogens is 1. The highest BCUT2D eigenvalue weighted by atomic mass is 32.2. The fourth-order valence-corrected chi connectivity index (χ4v) is 3.69. The Bertz CT molecular complexity index is 724. The maximum Gasteiger partial charge on any atom is 0.321 e. The van der Waals surface area contributed by atoms with Crippen molar-refractivity contribution in [3.63, 3.8) is 0 Å². The predicted molar refractivity (Wildman–Crippen MR) is 94.9 cm³/mol. The molecule has 0 bridgehead atoms. The van der Waals surface area contributed by atoms with Crippen molar-refractivity contribution in [3.8, 4) is 0 Å². The second-order valence-corrected chi connectivity index (χ2v) is 8.65. The maximum atomic E-state index is 13.7. The average molecular weight is 372 g/mol. The molecule has 2 amide bonds. The van der Waals surface area contributed by atoms with Crippen LogP contribution in [0.4, 0.5) is 14.9 Å². The number of hydrogen-bond acceptors (Lipinski definition) is 3. The molecule has 1 aromatic carbocycles. The van der Waals surface area contributed by atoms with Gasteiger partial charge in [-0.05, 0) is 24.0 Å². The highest BCUT2D eigenvalue weighted by Crippen LogP contribution is 2.26. The largest absolute Gasteiger partial charge is 0.323 e. The van der Waals surface area contributed by atoms with E-state index in [0.717, 1.165) is 4.31 Å². The molecule has 0 aromatic heterocycles. The topological polar surface area (TPSA) is 81.8 Å². The number of rotatable bonds is 5.